The largest absolute Gasteiger partial charge is 0.250 e. The Morgan fingerprint density at radius 1 is 1.58 bits per heavy atom. The summed E-state index contributed by atoms with van der Waals surface area (Å²) in [5, 5.41) is 0.633. The Morgan fingerprint density at radius 2 is 2.17 bits per heavy atom. The Kier molecular flexibility index (Phi) is 3.20. The van der Waals surface area contributed by atoms with Crippen molar-refractivity contribution in [3.8, 4) is 12.3 Å². The molecule has 0 bridgehead atoms. The van der Waals surface area contributed by atoms with Gasteiger partial charge in [0.1, 0.15) is 10.8 Å². The summed E-state index contributed by atoms with van der Waals surface area (Å²) < 4.78 is 11.2. The zero-order valence-electron chi connectivity index (χ0n) is 6.03. The SMILES string of the molecule is C#CCS(=O)c1ncc(Cl)cn1. The van der Waals surface area contributed by atoms with Crippen molar-refractivity contribution in [2.75, 3.05) is 5.75 Å². The lowest BCUT2D eigenvalue weighted by atomic mass is 10.7. The van der Waals surface area contributed by atoms with Crippen LogP contribution in [0.2, 0.25) is 5.02 Å². The first-order valence-electron chi connectivity index (χ1n) is 3.03. The molecule has 1 unspecified atom stereocenters. The predicted octanol–water partition coefficient (Wildman–Crippen LogP) is 0.871. The van der Waals surface area contributed by atoms with Gasteiger partial charge in [-0.25, -0.2) is 9.97 Å². The fourth-order valence-corrected chi connectivity index (χ4v) is 1.28. The maximum absolute atomic E-state index is 11.2. The first-order chi connectivity index (χ1) is 5.74. The van der Waals surface area contributed by atoms with Crippen molar-refractivity contribution in [1.82, 2.24) is 9.97 Å². The normalized spacial score (nSPS) is 12.0. The molecule has 1 aromatic heterocycles. The monoisotopic (exact) mass is 200 g/mol. The first-order valence-corrected chi connectivity index (χ1v) is 4.73. The summed E-state index contributed by atoms with van der Waals surface area (Å²) in [5.74, 6) is 2.39. The van der Waals surface area contributed by atoms with Gasteiger partial charge in [0.05, 0.1) is 23.2 Å². The van der Waals surface area contributed by atoms with Crippen LogP contribution in [0.1, 0.15) is 0 Å². The summed E-state index contributed by atoms with van der Waals surface area (Å²) in [4.78, 5) is 7.52. The van der Waals surface area contributed by atoms with E-state index >= 15 is 0 Å². The predicted molar refractivity (Wildman–Crippen MR) is 47.2 cm³/mol. The van der Waals surface area contributed by atoms with E-state index < -0.39 is 10.8 Å². The van der Waals surface area contributed by atoms with Crippen molar-refractivity contribution in [2.24, 2.45) is 0 Å². The van der Waals surface area contributed by atoms with E-state index in [1.54, 1.807) is 0 Å². The summed E-state index contributed by atoms with van der Waals surface area (Å²) in [6, 6.07) is 0. The van der Waals surface area contributed by atoms with Crippen molar-refractivity contribution < 1.29 is 4.21 Å². The van der Waals surface area contributed by atoms with E-state index in [2.05, 4.69) is 15.9 Å². The van der Waals surface area contributed by atoms with E-state index in [4.69, 9.17) is 18.0 Å². The van der Waals surface area contributed by atoms with Gasteiger partial charge >= 0.3 is 0 Å². The van der Waals surface area contributed by atoms with E-state index in [-0.39, 0.29) is 10.9 Å². The minimum atomic E-state index is -1.31. The van der Waals surface area contributed by atoms with Crippen LogP contribution in [0.4, 0.5) is 0 Å². The minimum absolute atomic E-state index is 0.127. The zero-order valence-corrected chi connectivity index (χ0v) is 7.60. The summed E-state index contributed by atoms with van der Waals surface area (Å²) in [6.45, 7) is 0. The molecule has 12 heavy (non-hydrogen) atoms. The lowest BCUT2D eigenvalue weighted by Gasteiger charge is -1.94. The van der Waals surface area contributed by atoms with Crippen molar-refractivity contribution in [3.63, 3.8) is 0 Å². The van der Waals surface area contributed by atoms with E-state index in [0.717, 1.165) is 0 Å². The van der Waals surface area contributed by atoms with Gasteiger partial charge in [-0.3, -0.25) is 4.21 Å². The highest BCUT2D eigenvalue weighted by Gasteiger charge is 2.03. The van der Waals surface area contributed by atoms with Gasteiger partial charge in [-0.15, -0.1) is 6.42 Å². The Balaban J connectivity index is 2.84. The molecule has 0 radical (unpaired) electrons. The van der Waals surface area contributed by atoms with Crippen LogP contribution in [0, 0.1) is 12.3 Å². The third-order valence-corrected chi connectivity index (χ3v) is 2.26. The van der Waals surface area contributed by atoms with Gasteiger partial charge in [0.25, 0.3) is 0 Å². The fraction of sp³-hybridized carbons (Fsp3) is 0.143. The van der Waals surface area contributed by atoms with Gasteiger partial charge in [-0.1, -0.05) is 17.5 Å². The topological polar surface area (TPSA) is 42.9 Å². The fourth-order valence-electron chi connectivity index (χ4n) is 0.558. The molecule has 0 spiro atoms. The number of nitrogens with zero attached hydrogens (tertiary/aromatic N) is 2. The molecule has 0 N–H and O–H groups in total. The summed E-state index contributed by atoms with van der Waals surface area (Å²) in [7, 11) is -1.31. The number of rotatable bonds is 2. The Morgan fingerprint density at radius 3 is 2.67 bits per heavy atom. The van der Waals surface area contributed by atoms with Crippen molar-refractivity contribution in [1.29, 1.82) is 0 Å². The van der Waals surface area contributed by atoms with Crippen LogP contribution in [0.25, 0.3) is 0 Å². The summed E-state index contributed by atoms with van der Waals surface area (Å²) >= 11 is 5.53. The number of hydrogen-bond donors (Lipinski definition) is 0. The molecule has 1 rings (SSSR count). The molecule has 1 aromatic rings. The smallest absolute Gasteiger partial charge is 0.219 e. The number of aromatic nitrogens is 2. The van der Waals surface area contributed by atoms with Crippen LogP contribution in [-0.4, -0.2) is 19.9 Å². The second kappa shape index (κ2) is 4.19. The lowest BCUT2D eigenvalue weighted by Crippen LogP contribution is -2.00. The van der Waals surface area contributed by atoms with Crippen LogP contribution in [0.5, 0.6) is 0 Å². The molecule has 0 amide bonds. The van der Waals surface area contributed by atoms with Crippen LogP contribution in [0.15, 0.2) is 17.6 Å². The molecule has 5 heteroatoms. The Labute approximate surface area is 77.6 Å². The van der Waals surface area contributed by atoms with Crippen LogP contribution in [-0.2, 0) is 10.8 Å². The third kappa shape index (κ3) is 2.29. The molecular weight excluding hydrogens is 196 g/mol. The molecule has 3 nitrogen and oxygen atoms in total. The Bertz CT molecular complexity index is 330. The molecule has 0 saturated carbocycles. The second-order valence-electron chi connectivity index (χ2n) is 1.88. The lowest BCUT2D eigenvalue weighted by molar-refractivity contribution is 0.678. The molecule has 0 aliphatic heterocycles. The number of hydrogen-bond acceptors (Lipinski definition) is 3. The highest BCUT2D eigenvalue weighted by atomic mass is 35.5. The van der Waals surface area contributed by atoms with Gasteiger partial charge in [-0.05, 0) is 0 Å². The average molecular weight is 201 g/mol. The van der Waals surface area contributed by atoms with Crippen molar-refractivity contribution in [2.45, 2.75) is 5.16 Å². The third-order valence-electron chi connectivity index (χ3n) is 1.01. The van der Waals surface area contributed by atoms with Gasteiger partial charge in [-0.2, -0.15) is 0 Å². The molecule has 0 saturated heterocycles. The number of halogens is 1. The highest BCUT2D eigenvalue weighted by Crippen LogP contribution is 2.04. The van der Waals surface area contributed by atoms with Crippen molar-refractivity contribution in [3.05, 3.63) is 17.4 Å². The summed E-state index contributed by atoms with van der Waals surface area (Å²) in [6.07, 6.45) is 7.75. The van der Waals surface area contributed by atoms with Gasteiger partial charge < -0.3 is 0 Å². The van der Waals surface area contributed by atoms with E-state index in [1.807, 2.05) is 0 Å². The molecule has 1 heterocycles. The molecule has 0 aliphatic rings. The second-order valence-corrected chi connectivity index (χ2v) is 3.66. The molecule has 0 fully saturated rings. The Hall–Kier alpha value is -0.920. The van der Waals surface area contributed by atoms with Gasteiger partial charge in [0.2, 0.25) is 5.16 Å². The van der Waals surface area contributed by atoms with Gasteiger partial charge in [0.15, 0.2) is 0 Å². The molecule has 0 aromatic carbocycles. The number of terminal acetylenes is 1. The van der Waals surface area contributed by atoms with Crippen LogP contribution >= 0.6 is 11.6 Å². The molecule has 0 aliphatic carbocycles. The molecule has 1 atom stereocenters. The zero-order chi connectivity index (χ0) is 8.97. The van der Waals surface area contributed by atoms with E-state index in [0.29, 0.717) is 5.02 Å². The maximum Gasteiger partial charge on any atom is 0.219 e. The standard InChI is InChI=1S/C7H5ClN2OS/c1-2-3-12(11)7-9-4-6(8)5-10-7/h1,4-5H,3H2. The van der Waals surface area contributed by atoms with E-state index in [1.165, 1.54) is 12.4 Å². The van der Waals surface area contributed by atoms with Crippen LogP contribution < -0.4 is 0 Å². The summed E-state index contributed by atoms with van der Waals surface area (Å²) in [5.41, 5.74) is 0. The highest BCUT2D eigenvalue weighted by molar-refractivity contribution is 7.85. The average Bonchev–Trinajstić information content (AvgIpc) is 2.06. The van der Waals surface area contributed by atoms with Crippen LogP contribution in [0.3, 0.4) is 0 Å². The quantitative estimate of drug-likeness (QED) is 0.526. The molecule has 62 valence electrons. The minimum Gasteiger partial charge on any atom is -0.250 e. The van der Waals surface area contributed by atoms with Crippen molar-refractivity contribution >= 4 is 22.4 Å². The first kappa shape index (κ1) is 9.17. The van der Waals surface area contributed by atoms with E-state index in [9.17, 15) is 4.21 Å². The maximum atomic E-state index is 11.2. The van der Waals surface area contributed by atoms with Gasteiger partial charge in [0, 0.05) is 0 Å². The molecular formula is C7H5ClN2OS.